The van der Waals surface area contributed by atoms with Crippen molar-refractivity contribution >= 4 is 16.0 Å². The van der Waals surface area contributed by atoms with Gasteiger partial charge in [0.2, 0.25) is 10.0 Å². The molecule has 17 heavy (non-hydrogen) atoms. The second kappa shape index (κ2) is 4.12. The number of hydrogen-bond donors (Lipinski definition) is 1. The Labute approximate surface area is 99.6 Å². The second-order valence-corrected chi connectivity index (χ2v) is 5.52. The minimum absolute atomic E-state index is 0.0305. The molecule has 0 spiro atoms. The highest BCUT2D eigenvalue weighted by Gasteiger charge is 2.34. The monoisotopic (exact) mass is 255 g/mol. The van der Waals surface area contributed by atoms with Crippen LogP contribution in [0.3, 0.4) is 0 Å². The van der Waals surface area contributed by atoms with Gasteiger partial charge in [-0.2, -0.15) is 0 Å². The standard InChI is InChI=1S/C11H13NO4S/c1-16-11(13)8-6-5-7-3-2-4-9(10(7)8)17(12,14)15/h2-4,8H,5-6H2,1H3,(H2,12,14,15). The van der Waals surface area contributed by atoms with E-state index in [9.17, 15) is 13.2 Å². The van der Waals surface area contributed by atoms with Gasteiger partial charge in [-0.3, -0.25) is 4.79 Å². The molecule has 2 rings (SSSR count). The Balaban J connectivity index is 2.61. The number of carbonyl (C=O) groups is 1. The van der Waals surface area contributed by atoms with Gasteiger partial charge in [0.15, 0.2) is 0 Å². The second-order valence-electron chi connectivity index (χ2n) is 3.99. The van der Waals surface area contributed by atoms with E-state index in [1.807, 2.05) is 6.07 Å². The third-order valence-corrected chi connectivity index (χ3v) is 3.97. The summed E-state index contributed by atoms with van der Waals surface area (Å²) in [5.41, 5.74) is 1.36. The van der Waals surface area contributed by atoms with Crippen LogP contribution in [0.25, 0.3) is 0 Å². The number of sulfonamides is 1. The van der Waals surface area contributed by atoms with Gasteiger partial charge in [-0.1, -0.05) is 12.1 Å². The van der Waals surface area contributed by atoms with E-state index >= 15 is 0 Å². The molecule has 0 radical (unpaired) electrons. The molecule has 1 aliphatic carbocycles. The highest BCUT2D eigenvalue weighted by Crippen LogP contribution is 2.37. The van der Waals surface area contributed by atoms with E-state index in [4.69, 9.17) is 5.14 Å². The fraction of sp³-hybridized carbons (Fsp3) is 0.364. The number of primary sulfonamides is 1. The average Bonchev–Trinajstić information content (AvgIpc) is 2.70. The van der Waals surface area contributed by atoms with Crippen molar-refractivity contribution in [1.82, 2.24) is 0 Å². The van der Waals surface area contributed by atoms with Crippen LogP contribution in [-0.4, -0.2) is 21.5 Å². The Hall–Kier alpha value is -1.40. The molecule has 1 aromatic carbocycles. The Kier molecular flexibility index (Phi) is 2.92. The molecule has 0 bridgehead atoms. The maximum Gasteiger partial charge on any atom is 0.313 e. The van der Waals surface area contributed by atoms with Crippen molar-refractivity contribution in [2.24, 2.45) is 5.14 Å². The summed E-state index contributed by atoms with van der Waals surface area (Å²) in [5.74, 6) is -0.940. The van der Waals surface area contributed by atoms with Crippen LogP contribution >= 0.6 is 0 Å². The van der Waals surface area contributed by atoms with E-state index in [1.165, 1.54) is 13.2 Å². The SMILES string of the molecule is COC(=O)C1CCc2cccc(S(N)(=O)=O)c21. The summed E-state index contributed by atoms with van der Waals surface area (Å²) in [5, 5.41) is 5.15. The molecule has 92 valence electrons. The van der Waals surface area contributed by atoms with E-state index in [2.05, 4.69) is 4.74 Å². The van der Waals surface area contributed by atoms with Crippen molar-refractivity contribution in [3.8, 4) is 0 Å². The molecular weight excluding hydrogens is 242 g/mol. The number of hydrogen-bond acceptors (Lipinski definition) is 4. The van der Waals surface area contributed by atoms with Crippen LogP contribution < -0.4 is 5.14 Å². The number of methoxy groups -OCH3 is 1. The number of fused-ring (bicyclic) bond motifs is 1. The van der Waals surface area contributed by atoms with E-state index in [0.717, 1.165) is 5.56 Å². The Morgan fingerprint density at radius 1 is 1.47 bits per heavy atom. The van der Waals surface area contributed by atoms with Crippen LogP contribution in [-0.2, 0) is 26.0 Å². The lowest BCUT2D eigenvalue weighted by molar-refractivity contribution is -0.142. The molecule has 0 fully saturated rings. The molecule has 5 nitrogen and oxygen atoms in total. The molecule has 1 unspecified atom stereocenters. The molecule has 0 aliphatic heterocycles. The predicted octanol–water partition coefficient (Wildman–Crippen LogP) is 0.537. The molecule has 0 saturated carbocycles. The van der Waals surface area contributed by atoms with Gasteiger partial charge in [0, 0.05) is 0 Å². The topological polar surface area (TPSA) is 86.5 Å². The molecule has 1 atom stereocenters. The maximum absolute atomic E-state index is 11.6. The summed E-state index contributed by atoms with van der Waals surface area (Å²) in [6, 6.07) is 4.88. The van der Waals surface area contributed by atoms with Gasteiger partial charge in [0.05, 0.1) is 17.9 Å². The largest absolute Gasteiger partial charge is 0.469 e. The first-order valence-electron chi connectivity index (χ1n) is 5.17. The van der Waals surface area contributed by atoms with Gasteiger partial charge in [0.25, 0.3) is 0 Å². The third kappa shape index (κ3) is 2.05. The minimum atomic E-state index is -3.81. The first kappa shape index (κ1) is 12.1. The average molecular weight is 255 g/mol. The zero-order valence-electron chi connectivity index (χ0n) is 9.34. The van der Waals surface area contributed by atoms with Crippen molar-refractivity contribution in [2.45, 2.75) is 23.7 Å². The highest BCUT2D eigenvalue weighted by atomic mass is 32.2. The van der Waals surface area contributed by atoms with Crippen molar-refractivity contribution in [3.63, 3.8) is 0 Å². The molecule has 0 saturated heterocycles. The van der Waals surface area contributed by atoms with Gasteiger partial charge < -0.3 is 4.74 Å². The van der Waals surface area contributed by atoms with Gasteiger partial charge in [-0.25, -0.2) is 13.6 Å². The summed E-state index contributed by atoms with van der Waals surface area (Å²) >= 11 is 0. The van der Waals surface area contributed by atoms with Crippen molar-refractivity contribution in [3.05, 3.63) is 29.3 Å². The highest BCUT2D eigenvalue weighted by molar-refractivity contribution is 7.89. The zero-order chi connectivity index (χ0) is 12.6. The van der Waals surface area contributed by atoms with Crippen LogP contribution in [0.15, 0.2) is 23.1 Å². The first-order valence-corrected chi connectivity index (χ1v) is 6.72. The number of ether oxygens (including phenoxy) is 1. The van der Waals surface area contributed by atoms with Crippen molar-refractivity contribution < 1.29 is 17.9 Å². The quantitative estimate of drug-likeness (QED) is 0.781. The number of rotatable bonds is 2. The van der Waals surface area contributed by atoms with E-state index in [1.54, 1.807) is 6.07 Å². The third-order valence-electron chi connectivity index (χ3n) is 3.00. The molecule has 1 aliphatic rings. The molecule has 6 heteroatoms. The summed E-state index contributed by atoms with van der Waals surface area (Å²) in [4.78, 5) is 11.6. The predicted molar refractivity (Wildman–Crippen MR) is 60.9 cm³/mol. The summed E-state index contributed by atoms with van der Waals surface area (Å²) in [6.07, 6.45) is 1.23. The lowest BCUT2D eigenvalue weighted by atomic mass is 10.0. The van der Waals surface area contributed by atoms with Crippen LogP contribution in [0.1, 0.15) is 23.5 Å². The number of benzene rings is 1. The van der Waals surface area contributed by atoms with Crippen molar-refractivity contribution in [2.75, 3.05) is 7.11 Å². The van der Waals surface area contributed by atoms with Gasteiger partial charge in [0.1, 0.15) is 0 Å². The summed E-state index contributed by atoms with van der Waals surface area (Å²) in [7, 11) is -2.52. The van der Waals surface area contributed by atoms with Gasteiger partial charge >= 0.3 is 5.97 Å². The molecule has 0 amide bonds. The fourth-order valence-electron chi connectivity index (χ4n) is 2.27. The summed E-state index contributed by atoms with van der Waals surface area (Å²) < 4.78 is 27.6. The number of carbonyl (C=O) groups excluding carboxylic acids is 1. The smallest absolute Gasteiger partial charge is 0.313 e. The van der Waals surface area contributed by atoms with Gasteiger partial charge in [-0.05, 0) is 30.0 Å². The Bertz CT molecular complexity index is 565. The maximum atomic E-state index is 11.6. The van der Waals surface area contributed by atoms with Crippen LogP contribution in [0.4, 0.5) is 0 Å². The first-order chi connectivity index (χ1) is 7.95. The Morgan fingerprint density at radius 2 is 2.18 bits per heavy atom. The lowest BCUT2D eigenvalue weighted by Gasteiger charge is -2.12. The molecule has 0 heterocycles. The van der Waals surface area contributed by atoms with E-state index < -0.39 is 21.9 Å². The lowest BCUT2D eigenvalue weighted by Crippen LogP contribution is -2.19. The number of esters is 1. The minimum Gasteiger partial charge on any atom is -0.469 e. The molecular formula is C11H13NO4S. The van der Waals surface area contributed by atoms with Crippen LogP contribution in [0, 0.1) is 0 Å². The van der Waals surface area contributed by atoms with Crippen molar-refractivity contribution in [1.29, 1.82) is 0 Å². The number of aryl methyl sites for hydroxylation is 1. The Morgan fingerprint density at radius 3 is 2.76 bits per heavy atom. The molecule has 0 aromatic heterocycles. The van der Waals surface area contributed by atoms with Gasteiger partial charge in [-0.15, -0.1) is 0 Å². The normalized spacial score (nSPS) is 18.8. The van der Waals surface area contributed by atoms with Crippen LogP contribution in [0.5, 0.6) is 0 Å². The van der Waals surface area contributed by atoms with E-state index in [-0.39, 0.29) is 4.90 Å². The summed E-state index contributed by atoms with van der Waals surface area (Å²) in [6.45, 7) is 0. The van der Waals surface area contributed by atoms with Crippen LogP contribution in [0.2, 0.25) is 0 Å². The molecule has 2 N–H and O–H groups in total. The van der Waals surface area contributed by atoms with E-state index in [0.29, 0.717) is 18.4 Å². The molecule has 1 aromatic rings. The zero-order valence-corrected chi connectivity index (χ0v) is 10.2. The number of nitrogens with two attached hydrogens (primary N) is 1. The fourth-order valence-corrected chi connectivity index (χ4v) is 3.12.